The molecule has 0 radical (unpaired) electrons. The van der Waals surface area contributed by atoms with Crippen molar-refractivity contribution < 1.29 is 5.11 Å². The van der Waals surface area contributed by atoms with Crippen molar-refractivity contribution in [2.75, 3.05) is 0 Å². The van der Waals surface area contributed by atoms with Crippen LogP contribution in [0.4, 0.5) is 0 Å². The molecule has 146 valence electrons. The van der Waals surface area contributed by atoms with Crippen molar-refractivity contribution in [3.8, 4) is 16.3 Å². The van der Waals surface area contributed by atoms with Crippen LogP contribution in [-0.4, -0.2) is 24.9 Å². The molecule has 0 fully saturated rings. The van der Waals surface area contributed by atoms with Crippen LogP contribution in [-0.2, 0) is 0 Å². The van der Waals surface area contributed by atoms with Crippen molar-refractivity contribution >= 4 is 50.8 Å². The molecule has 0 amide bonds. The van der Waals surface area contributed by atoms with E-state index in [0.29, 0.717) is 20.6 Å². The number of benzene rings is 3. The summed E-state index contributed by atoms with van der Waals surface area (Å²) in [5, 5.41) is 25.9. The number of nitrogens with zero attached hydrogens (tertiary/aromatic N) is 4. The average molecular weight is 433 g/mol. The van der Waals surface area contributed by atoms with E-state index in [1.165, 1.54) is 15.9 Å². The number of phenolic OH excluding ortho intramolecular Hbond substituents is 1. The Morgan fingerprint density at radius 1 is 1.00 bits per heavy atom. The molecule has 3 aromatic carbocycles. The summed E-state index contributed by atoms with van der Waals surface area (Å²) in [5.41, 5.74) is 1.15. The first-order valence-corrected chi connectivity index (χ1v) is 10.2. The summed E-state index contributed by atoms with van der Waals surface area (Å²) in [6.45, 7) is 0. The van der Waals surface area contributed by atoms with Crippen LogP contribution >= 0.6 is 22.9 Å². The highest BCUT2D eigenvalue weighted by Gasteiger charge is 2.12. The van der Waals surface area contributed by atoms with Gasteiger partial charge in [0.25, 0.3) is 0 Å². The van der Waals surface area contributed by atoms with Crippen LogP contribution in [0.1, 0.15) is 11.3 Å². The second-order valence-electron chi connectivity index (χ2n) is 6.56. The van der Waals surface area contributed by atoms with Crippen molar-refractivity contribution in [1.29, 1.82) is 0 Å². The standard InChI is InChI=1S/C22H13ClN4O2S/c23-15-6-3-5-14(12-15)20-26-27-21(29)18(24-25-22(27)30-20)10-9-17-16-7-2-1-4-13(16)8-11-19(17)28/h1-12,28H/b10-9+. The molecule has 0 aliphatic carbocycles. The number of phenols is 1. The van der Waals surface area contributed by atoms with E-state index in [4.69, 9.17) is 11.6 Å². The maximum absolute atomic E-state index is 12.9. The lowest BCUT2D eigenvalue weighted by Crippen LogP contribution is -2.19. The number of hydrogen-bond acceptors (Lipinski definition) is 6. The van der Waals surface area contributed by atoms with Crippen LogP contribution < -0.4 is 5.56 Å². The molecule has 6 nitrogen and oxygen atoms in total. The molecule has 0 bridgehead atoms. The fraction of sp³-hybridized carbons (Fsp3) is 0. The molecule has 0 saturated heterocycles. The quantitative estimate of drug-likeness (QED) is 0.438. The van der Waals surface area contributed by atoms with Gasteiger partial charge in [-0.2, -0.15) is 9.61 Å². The highest BCUT2D eigenvalue weighted by atomic mass is 35.5. The Balaban J connectivity index is 1.59. The van der Waals surface area contributed by atoms with Crippen molar-refractivity contribution in [3.05, 3.63) is 87.3 Å². The summed E-state index contributed by atoms with van der Waals surface area (Å²) < 4.78 is 1.23. The van der Waals surface area contributed by atoms with Gasteiger partial charge in [0, 0.05) is 16.1 Å². The molecule has 2 heterocycles. The number of aromatic hydroxyl groups is 1. The number of fused-ring (bicyclic) bond motifs is 2. The average Bonchev–Trinajstić information content (AvgIpc) is 3.20. The largest absolute Gasteiger partial charge is 0.507 e. The predicted octanol–water partition coefficient (Wildman–Crippen LogP) is 4.90. The van der Waals surface area contributed by atoms with E-state index < -0.39 is 0 Å². The molecule has 0 aliphatic rings. The smallest absolute Gasteiger partial charge is 0.301 e. The molecule has 30 heavy (non-hydrogen) atoms. The van der Waals surface area contributed by atoms with E-state index >= 15 is 0 Å². The Kier molecular flexibility index (Phi) is 4.54. The van der Waals surface area contributed by atoms with Gasteiger partial charge in [-0.25, -0.2) is 0 Å². The number of hydrogen-bond donors (Lipinski definition) is 1. The van der Waals surface area contributed by atoms with Gasteiger partial charge in [-0.3, -0.25) is 4.79 Å². The predicted molar refractivity (Wildman–Crippen MR) is 120 cm³/mol. The van der Waals surface area contributed by atoms with Gasteiger partial charge in [-0.15, -0.1) is 10.2 Å². The van der Waals surface area contributed by atoms with Crippen LogP contribution in [0, 0.1) is 0 Å². The van der Waals surface area contributed by atoms with Gasteiger partial charge < -0.3 is 5.11 Å². The molecule has 0 unspecified atom stereocenters. The van der Waals surface area contributed by atoms with E-state index in [1.807, 2.05) is 42.5 Å². The summed E-state index contributed by atoms with van der Waals surface area (Å²) in [7, 11) is 0. The maximum Gasteiger partial charge on any atom is 0.301 e. The maximum atomic E-state index is 12.9. The van der Waals surface area contributed by atoms with Gasteiger partial charge in [0.1, 0.15) is 10.8 Å². The lowest BCUT2D eigenvalue weighted by molar-refractivity contribution is 0.475. The van der Waals surface area contributed by atoms with Crippen LogP contribution in [0.15, 0.2) is 65.5 Å². The summed E-state index contributed by atoms with van der Waals surface area (Å²) in [4.78, 5) is 13.3. The second kappa shape index (κ2) is 7.37. The van der Waals surface area contributed by atoms with E-state index in [-0.39, 0.29) is 17.0 Å². The van der Waals surface area contributed by atoms with Gasteiger partial charge in [-0.05, 0) is 41.1 Å². The van der Waals surface area contributed by atoms with Gasteiger partial charge >= 0.3 is 5.56 Å². The summed E-state index contributed by atoms with van der Waals surface area (Å²) >= 11 is 7.31. The van der Waals surface area contributed by atoms with E-state index in [0.717, 1.165) is 16.3 Å². The zero-order valence-corrected chi connectivity index (χ0v) is 16.9. The highest BCUT2D eigenvalue weighted by Crippen LogP contribution is 2.29. The summed E-state index contributed by atoms with van der Waals surface area (Å²) in [5.74, 6) is 0.121. The fourth-order valence-electron chi connectivity index (χ4n) is 3.19. The first kappa shape index (κ1) is 18.5. The van der Waals surface area contributed by atoms with E-state index in [1.54, 1.807) is 30.4 Å². The lowest BCUT2D eigenvalue weighted by atomic mass is 10.0. The topological polar surface area (TPSA) is 80.4 Å². The number of halogens is 1. The molecular formula is C22H13ClN4O2S. The highest BCUT2D eigenvalue weighted by molar-refractivity contribution is 7.19. The van der Waals surface area contributed by atoms with Crippen molar-refractivity contribution in [2.45, 2.75) is 0 Å². The van der Waals surface area contributed by atoms with Crippen LogP contribution in [0.5, 0.6) is 5.75 Å². The van der Waals surface area contributed by atoms with Crippen LogP contribution in [0.2, 0.25) is 5.02 Å². The molecule has 5 rings (SSSR count). The fourth-order valence-corrected chi connectivity index (χ4v) is 4.21. The first-order chi connectivity index (χ1) is 14.6. The minimum atomic E-state index is -0.388. The van der Waals surface area contributed by atoms with Crippen molar-refractivity contribution in [3.63, 3.8) is 0 Å². The van der Waals surface area contributed by atoms with E-state index in [2.05, 4.69) is 15.3 Å². The van der Waals surface area contributed by atoms with Gasteiger partial charge in [0.05, 0.1) is 0 Å². The Labute approximate surface area is 179 Å². The minimum absolute atomic E-state index is 0.121. The first-order valence-electron chi connectivity index (χ1n) is 9.01. The molecule has 1 N–H and O–H groups in total. The molecule has 2 aromatic heterocycles. The third kappa shape index (κ3) is 3.24. The Hall–Kier alpha value is -3.55. The van der Waals surface area contributed by atoms with Crippen molar-refractivity contribution in [2.24, 2.45) is 0 Å². The minimum Gasteiger partial charge on any atom is -0.507 e. The molecule has 0 saturated carbocycles. The van der Waals surface area contributed by atoms with Crippen LogP contribution in [0.3, 0.4) is 0 Å². The van der Waals surface area contributed by atoms with Crippen LogP contribution in [0.25, 0.3) is 38.5 Å². The molecule has 0 spiro atoms. The number of aromatic nitrogens is 4. The monoisotopic (exact) mass is 432 g/mol. The third-order valence-corrected chi connectivity index (χ3v) is 5.82. The van der Waals surface area contributed by atoms with E-state index in [9.17, 15) is 9.90 Å². The van der Waals surface area contributed by atoms with Gasteiger partial charge in [0.15, 0.2) is 5.69 Å². The molecule has 5 aromatic rings. The number of rotatable bonds is 3. The van der Waals surface area contributed by atoms with Gasteiger partial charge in [-0.1, -0.05) is 65.4 Å². The Bertz CT molecular complexity index is 1510. The SMILES string of the molecule is O=c1c(/C=C/c2c(O)ccc3ccccc23)nnc2sc(-c3cccc(Cl)c3)nn12. The zero-order valence-electron chi connectivity index (χ0n) is 15.4. The Morgan fingerprint density at radius 3 is 2.73 bits per heavy atom. The molecule has 0 aliphatic heterocycles. The van der Waals surface area contributed by atoms with Gasteiger partial charge in [0.2, 0.25) is 4.96 Å². The summed E-state index contributed by atoms with van der Waals surface area (Å²) in [6.07, 6.45) is 3.21. The normalized spacial score (nSPS) is 11.6. The zero-order chi connectivity index (χ0) is 20.7. The lowest BCUT2D eigenvalue weighted by Gasteiger charge is -2.04. The second-order valence-corrected chi connectivity index (χ2v) is 7.95. The summed E-state index contributed by atoms with van der Waals surface area (Å²) in [6, 6.07) is 18.4. The molecule has 8 heteroatoms. The molecule has 0 atom stereocenters. The van der Waals surface area contributed by atoms with Crippen molar-refractivity contribution in [1.82, 2.24) is 19.8 Å². The Morgan fingerprint density at radius 2 is 1.87 bits per heavy atom. The third-order valence-electron chi connectivity index (χ3n) is 4.64. The molecular weight excluding hydrogens is 420 g/mol.